The van der Waals surface area contributed by atoms with Crippen LogP contribution in [0.25, 0.3) is 0 Å². The molecule has 21 heavy (non-hydrogen) atoms. The van der Waals surface area contributed by atoms with Crippen molar-refractivity contribution in [3.8, 4) is 5.88 Å². The van der Waals surface area contributed by atoms with Crippen LogP contribution in [0.4, 0.5) is 22.9 Å². The van der Waals surface area contributed by atoms with E-state index in [-0.39, 0.29) is 6.10 Å². The van der Waals surface area contributed by atoms with Gasteiger partial charge in [0, 0.05) is 25.5 Å². The monoisotopic (exact) mass is 286 g/mol. The zero-order chi connectivity index (χ0) is 15.4. The summed E-state index contributed by atoms with van der Waals surface area (Å²) in [5.41, 5.74) is 8.50. The molecule has 1 aromatic heterocycles. The normalized spacial score (nSPS) is 10.5. The molecule has 0 fully saturated rings. The van der Waals surface area contributed by atoms with E-state index in [2.05, 4.69) is 27.3 Å². The van der Waals surface area contributed by atoms with Gasteiger partial charge in [0.25, 0.3) is 0 Å². The van der Waals surface area contributed by atoms with Crippen LogP contribution in [0.2, 0.25) is 0 Å². The van der Waals surface area contributed by atoms with Crippen molar-refractivity contribution in [2.75, 3.05) is 30.0 Å². The molecule has 0 saturated carbocycles. The Morgan fingerprint density at radius 1 is 1.19 bits per heavy atom. The maximum absolute atomic E-state index is 5.87. The second-order valence-electron chi connectivity index (χ2n) is 5.33. The number of rotatable bonds is 5. The molecule has 0 radical (unpaired) electrons. The van der Waals surface area contributed by atoms with E-state index >= 15 is 0 Å². The molecule has 0 saturated heterocycles. The van der Waals surface area contributed by atoms with Crippen LogP contribution >= 0.6 is 0 Å². The summed E-state index contributed by atoms with van der Waals surface area (Å²) in [6.45, 7) is 3.89. The number of nitrogen functional groups attached to an aromatic ring is 1. The third-order valence-corrected chi connectivity index (χ3v) is 2.87. The SMILES string of the molecule is CC(C)Oc1nc(Nc2cccc(N(C)C)c2)ccc1N. The molecule has 2 rings (SSSR count). The summed E-state index contributed by atoms with van der Waals surface area (Å²) in [5.74, 6) is 1.16. The summed E-state index contributed by atoms with van der Waals surface area (Å²) in [6, 6.07) is 11.7. The lowest BCUT2D eigenvalue weighted by atomic mass is 10.2. The maximum atomic E-state index is 5.87. The second-order valence-corrected chi connectivity index (χ2v) is 5.33. The zero-order valence-corrected chi connectivity index (χ0v) is 12.9. The second kappa shape index (κ2) is 6.35. The van der Waals surface area contributed by atoms with Crippen molar-refractivity contribution < 1.29 is 4.74 Å². The molecule has 3 N–H and O–H groups in total. The Labute approximate surface area is 125 Å². The molecule has 2 aromatic rings. The first-order chi connectivity index (χ1) is 9.95. The van der Waals surface area contributed by atoms with Crippen molar-refractivity contribution in [2.45, 2.75) is 20.0 Å². The van der Waals surface area contributed by atoms with Crippen molar-refractivity contribution in [3.63, 3.8) is 0 Å². The number of nitrogens with two attached hydrogens (primary N) is 1. The Bertz CT molecular complexity index is 611. The molecule has 0 aliphatic carbocycles. The lowest BCUT2D eigenvalue weighted by Gasteiger charge is -2.15. The van der Waals surface area contributed by atoms with Gasteiger partial charge in [-0.25, -0.2) is 0 Å². The Balaban J connectivity index is 2.21. The highest BCUT2D eigenvalue weighted by Gasteiger charge is 2.07. The molecule has 1 heterocycles. The van der Waals surface area contributed by atoms with Crippen molar-refractivity contribution >= 4 is 22.9 Å². The topological polar surface area (TPSA) is 63.4 Å². The van der Waals surface area contributed by atoms with Crippen molar-refractivity contribution in [3.05, 3.63) is 36.4 Å². The third kappa shape index (κ3) is 4.02. The molecule has 0 bridgehead atoms. The van der Waals surface area contributed by atoms with Gasteiger partial charge >= 0.3 is 0 Å². The van der Waals surface area contributed by atoms with Crippen LogP contribution in [0.15, 0.2) is 36.4 Å². The highest BCUT2D eigenvalue weighted by atomic mass is 16.5. The average molecular weight is 286 g/mol. The maximum Gasteiger partial charge on any atom is 0.239 e. The molecule has 0 aliphatic heterocycles. The minimum absolute atomic E-state index is 0.0344. The molecule has 0 spiro atoms. The first-order valence-electron chi connectivity index (χ1n) is 6.93. The number of ether oxygens (including phenoxy) is 1. The van der Waals surface area contributed by atoms with Gasteiger partial charge in [0.1, 0.15) is 5.82 Å². The molecule has 0 amide bonds. The van der Waals surface area contributed by atoms with E-state index in [1.54, 1.807) is 6.07 Å². The third-order valence-electron chi connectivity index (χ3n) is 2.87. The van der Waals surface area contributed by atoms with E-state index in [1.807, 2.05) is 46.1 Å². The Hall–Kier alpha value is -2.43. The van der Waals surface area contributed by atoms with E-state index in [0.717, 1.165) is 11.4 Å². The van der Waals surface area contributed by atoms with E-state index < -0.39 is 0 Å². The lowest BCUT2D eigenvalue weighted by molar-refractivity contribution is 0.234. The number of anilines is 4. The number of nitrogens with zero attached hydrogens (tertiary/aromatic N) is 2. The zero-order valence-electron chi connectivity index (χ0n) is 12.9. The Morgan fingerprint density at radius 3 is 2.62 bits per heavy atom. The fourth-order valence-corrected chi connectivity index (χ4v) is 1.85. The summed E-state index contributed by atoms with van der Waals surface area (Å²) < 4.78 is 5.60. The highest BCUT2D eigenvalue weighted by molar-refractivity contribution is 5.64. The van der Waals surface area contributed by atoms with Crippen LogP contribution in [0.3, 0.4) is 0 Å². The summed E-state index contributed by atoms with van der Waals surface area (Å²) in [4.78, 5) is 6.46. The molecule has 5 heteroatoms. The number of hydrogen-bond donors (Lipinski definition) is 2. The van der Waals surface area contributed by atoms with Gasteiger partial charge < -0.3 is 20.7 Å². The number of aromatic nitrogens is 1. The average Bonchev–Trinajstić information content (AvgIpc) is 2.42. The first-order valence-corrected chi connectivity index (χ1v) is 6.93. The van der Waals surface area contributed by atoms with Crippen LogP contribution in [-0.2, 0) is 0 Å². The van der Waals surface area contributed by atoms with E-state index in [1.165, 1.54) is 0 Å². The highest BCUT2D eigenvalue weighted by Crippen LogP contribution is 2.25. The van der Waals surface area contributed by atoms with Gasteiger partial charge in [0.2, 0.25) is 5.88 Å². The molecule has 0 atom stereocenters. The van der Waals surface area contributed by atoms with Crippen LogP contribution in [0, 0.1) is 0 Å². The van der Waals surface area contributed by atoms with Gasteiger partial charge in [-0.15, -0.1) is 0 Å². The van der Waals surface area contributed by atoms with Gasteiger partial charge in [0.05, 0.1) is 11.8 Å². The lowest BCUT2D eigenvalue weighted by Crippen LogP contribution is -2.10. The van der Waals surface area contributed by atoms with Crippen molar-refractivity contribution in [1.82, 2.24) is 4.98 Å². The molecule has 5 nitrogen and oxygen atoms in total. The van der Waals surface area contributed by atoms with E-state index in [9.17, 15) is 0 Å². The molecule has 1 aromatic carbocycles. The van der Waals surface area contributed by atoms with Crippen LogP contribution in [0.5, 0.6) is 5.88 Å². The van der Waals surface area contributed by atoms with Crippen molar-refractivity contribution in [1.29, 1.82) is 0 Å². The largest absolute Gasteiger partial charge is 0.473 e. The van der Waals surface area contributed by atoms with Gasteiger partial charge in [-0.3, -0.25) is 0 Å². The summed E-state index contributed by atoms with van der Waals surface area (Å²) in [7, 11) is 4.02. The molecule has 112 valence electrons. The van der Waals surface area contributed by atoms with Gasteiger partial charge in [0.15, 0.2) is 0 Å². The number of nitrogens with one attached hydrogen (secondary N) is 1. The van der Waals surface area contributed by atoms with Gasteiger partial charge in [-0.2, -0.15) is 4.98 Å². The van der Waals surface area contributed by atoms with Gasteiger partial charge in [-0.05, 0) is 44.2 Å². The predicted molar refractivity (Wildman–Crippen MR) is 88.5 cm³/mol. The Kier molecular flexibility index (Phi) is 4.52. The van der Waals surface area contributed by atoms with Gasteiger partial charge in [-0.1, -0.05) is 6.07 Å². The quantitative estimate of drug-likeness (QED) is 0.883. The fraction of sp³-hybridized carbons (Fsp3) is 0.312. The number of benzene rings is 1. The number of hydrogen-bond acceptors (Lipinski definition) is 5. The summed E-state index contributed by atoms with van der Waals surface area (Å²) in [6.07, 6.45) is 0.0344. The summed E-state index contributed by atoms with van der Waals surface area (Å²) >= 11 is 0. The molecular formula is C16H22N4O. The molecule has 0 unspecified atom stereocenters. The predicted octanol–water partition coefficient (Wildman–Crippen LogP) is 3.26. The molecule has 0 aliphatic rings. The van der Waals surface area contributed by atoms with E-state index in [0.29, 0.717) is 17.4 Å². The molecular weight excluding hydrogens is 264 g/mol. The first kappa shape index (κ1) is 15.0. The number of pyridine rings is 1. The standard InChI is InChI=1S/C16H22N4O/c1-11(2)21-16-14(17)8-9-15(19-16)18-12-6-5-7-13(10-12)20(3)4/h5-11H,17H2,1-4H3,(H,18,19). The minimum atomic E-state index is 0.0344. The fourth-order valence-electron chi connectivity index (χ4n) is 1.85. The van der Waals surface area contributed by atoms with Crippen LogP contribution < -0.4 is 20.7 Å². The summed E-state index contributed by atoms with van der Waals surface area (Å²) in [5, 5.41) is 3.27. The Morgan fingerprint density at radius 2 is 1.95 bits per heavy atom. The minimum Gasteiger partial charge on any atom is -0.473 e. The van der Waals surface area contributed by atoms with Crippen LogP contribution in [0.1, 0.15) is 13.8 Å². The van der Waals surface area contributed by atoms with E-state index in [4.69, 9.17) is 10.5 Å². The van der Waals surface area contributed by atoms with Crippen molar-refractivity contribution in [2.24, 2.45) is 0 Å². The smallest absolute Gasteiger partial charge is 0.239 e. The van der Waals surface area contributed by atoms with Crippen LogP contribution in [-0.4, -0.2) is 25.2 Å².